The van der Waals surface area contributed by atoms with E-state index in [0.717, 1.165) is 24.3 Å². The Morgan fingerprint density at radius 3 is 3.05 bits per heavy atom. The van der Waals surface area contributed by atoms with E-state index in [9.17, 15) is 0 Å². The molecule has 0 saturated heterocycles. The quantitative estimate of drug-likeness (QED) is 0.889. The van der Waals surface area contributed by atoms with Gasteiger partial charge in [-0.2, -0.15) is 0 Å². The molecular weight excluding hydrogens is 294 g/mol. The minimum absolute atomic E-state index is 0.249. The Labute approximate surface area is 127 Å². The summed E-state index contributed by atoms with van der Waals surface area (Å²) in [6, 6.07) is 8.55. The molecule has 3 rings (SSSR count). The van der Waals surface area contributed by atoms with E-state index in [0.29, 0.717) is 16.8 Å². The summed E-state index contributed by atoms with van der Waals surface area (Å²) >= 11 is 7.97. The highest BCUT2D eigenvalue weighted by atomic mass is 35.5. The molecule has 20 heavy (non-hydrogen) atoms. The summed E-state index contributed by atoms with van der Waals surface area (Å²) in [7, 11) is 0. The Hall–Kier alpha value is -1.23. The molecule has 1 N–H and O–H groups in total. The first-order chi connectivity index (χ1) is 9.78. The Kier molecular flexibility index (Phi) is 4.15. The molecule has 0 bridgehead atoms. The van der Waals surface area contributed by atoms with Crippen LogP contribution in [0.3, 0.4) is 0 Å². The first-order valence-corrected chi connectivity index (χ1v) is 7.88. The Balaban J connectivity index is 1.71. The lowest BCUT2D eigenvalue weighted by Crippen LogP contribution is -2.19. The number of halogens is 1. The number of thiophene rings is 1. The van der Waals surface area contributed by atoms with E-state index in [2.05, 4.69) is 29.8 Å². The molecule has 1 aromatic heterocycles. The van der Waals surface area contributed by atoms with Crippen LogP contribution in [0.2, 0.25) is 5.02 Å². The molecule has 0 aliphatic carbocycles. The third kappa shape index (κ3) is 2.77. The highest BCUT2D eigenvalue weighted by molar-refractivity contribution is 7.10. The van der Waals surface area contributed by atoms with Gasteiger partial charge in [-0.3, -0.25) is 0 Å². The second-order valence-corrected chi connectivity index (χ2v) is 6.06. The second-order valence-electron chi connectivity index (χ2n) is 4.67. The molecule has 3 nitrogen and oxygen atoms in total. The summed E-state index contributed by atoms with van der Waals surface area (Å²) in [5, 5.41) is 6.28. The summed E-state index contributed by atoms with van der Waals surface area (Å²) in [4.78, 5) is 1.36. The molecule has 0 fully saturated rings. The Morgan fingerprint density at radius 2 is 2.30 bits per heavy atom. The van der Waals surface area contributed by atoms with Crippen molar-refractivity contribution in [2.45, 2.75) is 25.9 Å². The number of nitrogens with one attached hydrogen (secondary N) is 1. The lowest BCUT2D eigenvalue weighted by atomic mass is 10.1. The first kappa shape index (κ1) is 13.7. The first-order valence-electron chi connectivity index (χ1n) is 6.62. The van der Waals surface area contributed by atoms with E-state index in [4.69, 9.17) is 21.1 Å². The Morgan fingerprint density at radius 1 is 1.40 bits per heavy atom. The maximum atomic E-state index is 6.19. The van der Waals surface area contributed by atoms with Crippen molar-refractivity contribution in [2.75, 3.05) is 6.79 Å². The van der Waals surface area contributed by atoms with Crippen LogP contribution in [-0.2, 0) is 6.54 Å². The topological polar surface area (TPSA) is 30.5 Å². The van der Waals surface area contributed by atoms with Crippen LogP contribution in [0.4, 0.5) is 0 Å². The van der Waals surface area contributed by atoms with Gasteiger partial charge in [-0.1, -0.05) is 24.6 Å². The molecule has 1 aliphatic rings. The average molecular weight is 310 g/mol. The van der Waals surface area contributed by atoms with Gasteiger partial charge < -0.3 is 14.8 Å². The number of fused-ring (bicyclic) bond motifs is 1. The molecule has 1 aromatic carbocycles. The van der Waals surface area contributed by atoms with Crippen LogP contribution in [0.15, 0.2) is 29.6 Å². The summed E-state index contributed by atoms with van der Waals surface area (Å²) in [5.74, 6) is 1.39. The van der Waals surface area contributed by atoms with Gasteiger partial charge in [0.1, 0.15) is 0 Å². The maximum Gasteiger partial charge on any atom is 0.231 e. The lowest BCUT2D eigenvalue weighted by Gasteiger charge is -2.16. The molecule has 106 valence electrons. The SMILES string of the molecule is CCC(NCc1cc(Cl)c2c(c1)OCO2)c1cccs1. The Bertz CT molecular complexity index is 586. The molecular formula is C15H16ClNO2S. The van der Waals surface area contributed by atoms with E-state index in [-0.39, 0.29) is 6.79 Å². The third-order valence-electron chi connectivity index (χ3n) is 3.33. The fourth-order valence-corrected chi connectivity index (χ4v) is 3.47. The molecule has 1 unspecified atom stereocenters. The number of ether oxygens (including phenoxy) is 2. The van der Waals surface area contributed by atoms with Crippen LogP contribution in [0.1, 0.15) is 29.8 Å². The van der Waals surface area contributed by atoms with Crippen LogP contribution in [0.5, 0.6) is 11.5 Å². The van der Waals surface area contributed by atoms with Crippen molar-refractivity contribution in [3.63, 3.8) is 0 Å². The van der Waals surface area contributed by atoms with E-state index in [1.54, 1.807) is 11.3 Å². The zero-order valence-electron chi connectivity index (χ0n) is 11.2. The fraction of sp³-hybridized carbons (Fsp3) is 0.333. The predicted octanol–water partition coefficient (Wildman–Crippen LogP) is 4.37. The van der Waals surface area contributed by atoms with E-state index in [1.807, 2.05) is 12.1 Å². The highest BCUT2D eigenvalue weighted by Gasteiger charge is 2.18. The normalized spacial score (nSPS) is 14.5. The number of hydrogen-bond donors (Lipinski definition) is 1. The van der Waals surface area contributed by atoms with Crippen LogP contribution in [0, 0.1) is 0 Å². The standard InChI is InChI=1S/C15H16ClNO2S/c1-2-12(14-4-3-5-20-14)17-8-10-6-11(16)15-13(7-10)18-9-19-15/h3-7,12,17H,2,8-9H2,1H3. The van der Waals surface area contributed by atoms with Gasteiger partial charge in [0.15, 0.2) is 11.5 Å². The van der Waals surface area contributed by atoms with Crippen molar-refractivity contribution < 1.29 is 9.47 Å². The summed E-state index contributed by atoms with van der Waals surface area (Å²) in [5.41, 5.74) is 1.11. The smallest absolute Gasteiger partial charge is 0.231 e. The lowest BCUT2D eigenvalue weighted by molar-refractivity contribution is 0.174. The van der Waals surface area contributed by atoms with E-state index >= 15 is 0 Å². The number of benzene rings is 1. The molecule has 2 heterocycles. The third-order valence-corrected chi connectivity index (χ3v) is 4.60. The van der Waals surface area contributed by atoms with Gasteiger partial charge in [0.25, 0.3) is 0 Å². The fourth-order valence-electron chi connectivity index (χ4n) is 2.30. The molecule has 0 radical (unpaired) electrons. The molecule has 0 spiro atoms. The van der Waals surface area contributed by atoms with Crippen molar-refractivity contribution in [3.8, 4) is 11.5 Å². The van der Waals surface area contributed by atoms with Crippen molar-refractivity contribution in [1.29, 1.82) is 0 Å². The van der Waals surface area contributed by atoms with Gasteiger partial charge in [0, 0.05) is 17.5 Å². The largest absolute Gasteiger partial charge is 0.454 e. The van der Waals surface area contributed by atoms with Gasteiger partial charge in [-0.15, -0.1) is 11.3 Å². The van der Waals surface area contributed by atoms with Crippen LogP contribution < -0.4 is 14.8 Å². The summed E-state index contributed by atoms with van der Waals surface area (Å²) in [6.07, 6.45) is 1.05. The van der Waals surface area contributed by atoms with Gasteiger partial charge in [0.05, 0.1) is 5.02 Å². The molecule has 0 amide bonds. The van der Waals surface area contributed by atoms with Crippen molar-refractivity contribution >= 4 is 22.9 Å². The maximum absolute atomic E-state index is 6.19. The van der Waals surface area contributed by atoms with Crippen LogP contribution in [-0.4, -0.2) is 6.79 Å². The monoisotopic (exact) mass is 309 g/mol. The molecule has 2 aromatic rings. The minimum Gasteiger partial charge on any atom is -0.454 e. The van der Waals surface area contributed by atoms with Crippen LogP contribution in [0.25, 0.3) is 0 Å². The van der Waals surface area contributed by atoms with Crippen molar-refractivity contribution in [3.05, 3.63) is 45.1 Å². The zero-order valence-corrected chi connectivity index (χ0v) is 12.8. The van der Waals surface area contributed by atoms with Gasteiger partial charge in [0.2, 0.25) is 6.79 Å². The minimum atomic E-state index is 0.249. The summed E-state index contributed by atoms with van der Waals surface area (Å²) in [6.45, 7) is 3.19. The number of hydrogen-bond acceptors (Lipinski definition) is 4. The predicted molar refractivity (Wildman–Crippen MR) is 81.8 cm³/mol. The van der Waals surface area contributed by atoms with E-state index in [1.165, 1.54) is 4.88 Å². The highest BCUT2D eigenvalue weighted by Crippen LogP contribution is 2.39. The zero-order chi connectivity index (χ0) is 13.9. The van der Waals surface area contributed by atoms with Gasteiger partial charge >= 0.3 is 0 Å². The molecule has 1 atom stereocenters. The molecule has 1 aliphatic heterocycles. The van der Waals surface area contributed by atoms with Crippen LogP contribution >= 0.6 is 22.9 Å². The van der Waals surface area contributed by atoms with Crippen molar-refractivity contribution in [2.24, 2.45) is 0 Å². The second kappa shape index (κ2) is 6.04. The molecule has 5 heteroatoms. The van der Waals surface area contributed by atoms with Gasteiger partial charge in [-0.25, -0.2) is 0 Å². The van der Waals surface area contributed by atoms with Crippen molar-refractivity contribution in [1.82, 2.24) is 5.32 Å². The van der Waals surface area contributed by atoms with Gasteiger partial charge in [-0.05, 0) is 35.6 Å². The average Bonchev–Trinajstić information content (AvgIpc) is 3.10. The van der Waals surface area contributed by atoms with E-state index < -0.39 is 0 Å². The molecule has 0 saturated carbocycles. The summed E-state index contributed by atoms with van der Waals surface area (Å²) < 4.78 is 10.7. The number of rotatable bonds is 5.